The highest BCUT2D eigenvalue weighted by atomic mass is 16.5. The van der Waals surface area contributed by atoms with Crippen molar-refractivity contribution in [3.8, 4) is 40.7 Å². The van der Waals surface area contributed by atoms with Crippen LogP contribution in [0.3, 0.4) is 0 Å². The highest BCUT2D eigenvalue weighted by Crippen LogP contribution is 2.35. The van der Waals surface area contributed by atoms with Gasteiger partial charge in [-0.2, -0.15) is 0 Å². The van der Waals surface area contributed by atoms with Crippen LogP contribution in [0.4, 0.5) is 9.59 Å². The molecule has 15 nitrogen and oxygen atoms in total. The fourth-order valence-electron chi connectivity index (χ4n) is 7.68. The molecule has 0 bridgehead atoms. The molecule has 320 valence electrons. The van der Waals surface area contributed by atoms with E-state index in [1.165, 1.54) is 14.2 Å². The molecule has 0 radical (unpaired) electrons. The van der Waals surface area contributed by atoms with Crippen molar-refractivity contribution in [2.45, 2.75) is 90.6 Å². The topological polar surface area (TPSA) is 184 Å². The lowest BCUT2D eigenvalue weighted by molar-refractivity contribution is -0.136. The van der Waals surface area contributed by atoms with Gasteiger partial charge in [-0.3, -0.25) is 9.59 Å². The van der Waals surface area contributed by atoms with Crippen LogP contribution in [0.25, 0.3) is 11.3 Å². The predicted octanol–water partition coefficient (Wildman–Crippen LogP) is 6.43. The first-order chi connectivity index (χ1) is 29.4. The van der Waals surface area contributed by atoms with Gasteiger partial charge in [0, 0.05) is 18.7 Å². The number of aromatic amines is 2. The summed E-state index contributed by atoms with van der Waals surface area (Å²) in [6.07, 6.45) is 4.85. The zero-order valence-corrected chi connectivity index (χ0v) is 35.7. The molecule has 2 aliphatic heterocycles. The van der Waals surface area contributed by atoms with Gasteiger partial charge in [0.05, 0.1) is 50.0 Å². The number of imidazole rings is 2. The molecule has 6 rings (SSSR count). The minimum absolute atomic E-state index is 0.138. The number of alkyl carbamates (subject to hydrolysis) is 2. The van der Waals surface area contributed by atoms with Gasteiger partial charge in [0.15, 0.2) is 0 Å². The third kappa shape index (κ3) is 10.5. The second-order valence-electron chi connectivity index (χ2n) is 15.8. The predicted molar refractivity (Wildman–Crippen MR) is 228 cm³/mol. The number of hydrogen-bond acceptors (Lipinski definition) is 9. The molecule has 2 aromatic heterocycles. The Morgan fingerprint density at radius 1 is 0.738 bits per heavy atom. The largest absolute Gasteiger partial charge is 0.485 e. The van der Waals surface area contributed by atoms with E-state index in [1.807, 2.05) is 83.1 Å². The zero-order valence-electron chi connectivity index (χ0n) is 35.7. The molecule has 3 unspecified atom stereocenters. The number of rotatable bonds is 12. The van der Waals surface area contributed by atoms with E-state index in [2.05, 4.69) is 49.3 Å². The fourth-order valence-corrected chi connectivity index (χ4v) is 7.68. The molecule has 0 spiro atoms. The molecule has 5 atom stereocenters. The van der Waals surface area contributed by atoms with E-state index in [1.54, 1.807) is 22.2 Å². The molecule has 15 heteroatoms. The number of amides is 4. The molecule has 2 aliphatic rings. The Morgan fingerprint density at radius 2 is 1.30 bits per heavy atom. The lowest BCUT2D eigenvalue weighted by Gasteiger charge is -2.30. The molecular formula is C46H54N8O7. The van der Waals surface area contributed by atoms with Gasteiger partial charge < -0.3 is 44.6 Å². The maximum absolute atomic E-state index is 13.7. The van der Waals surface area contributed by atoms with Gasteiger partial charge in [0.25, 0.3) is 0 Å². The third-order valence-corrected chi connectivity index (χ3v) is 11.0. The zero-order chi connectivity index (χ0) is 43.6. The lowest BCUT2D eigenvalue weighted by atomic mass is 10.0. The van der Waals surface area contributed by atoms with Crippen LogP contribution in [0.15, 0.2) is 60.9 Å². The van der Waals surface area contributed by atoms with Crippen LogP contribution < -0.4 is 15.4 Å². The number of ether oxygens (including phenoxy) is 3. The Hall–Kier alpha value is -6.74. The summed E-state index contributed by atoms with van der Waals surface area (Å²) in [5, 5.41) is 5.36. The van der Waals surface area contributed by atoms with Gasteiger partial charge in [0.1, 0.15) is 41.3 Å². The van der Waals surface area contributed by atoms with Crippen molar-refractivity contribution >= 4 is 24.0 Å². The van der Waals surface area contributed by atoms with Gasteiger partial charge in [0.2, 0.25) is 11.8 Å². The molecule has 2 aromatic carbocycles. The summed E-state index contributed by atoms with van der Waals surface area (Å²) >= 11 is 0. The average molecular weight is 831 g/mol. The van der Waals surface area contributed by atoms with Gasteiger partial charge in [-0.25, -0.2) is 19.6 Å². The monoisotopic (exact) mass is 830 g/mol. The average Bonchev–Trinajstić information content (AvgIpc) is 4.10. The number of methoxy groups -OCH3 is 2. The van der Waals surface area contributed by atoms with Crippen LogP contribution in [0.1, 0.15) is 107 Å². The first-order valence-corrected chi connectivity index (χ1v) is 20.7. The van der Waals surface area contributed by atoms with Crippen molar-refractivity contribution in [2.75, 3.05) is 27.3 Å². The summed E-state index contributed by atoms with van der Waals surface area (Å²) < 4.78 is 16.1. The Labute approximate surface area is 356 Å². The van der Waals surface area contributed by atoms with Gasteiger partial charge in [-0.1, -0.05) is 64.1 Å². The van der Waals surface area contributed by atoms with Crippen LogP contribution in [0, 0.1) is 35.5 Å². The molecule has 4 heterocycles. The summed E-state index contributed by atoms with van der Waals surface area (Å²) in [6, 6.07) is 13.6. The highest BCUT2D eigenvalue weighted by molar-refractivity contribution is 5.87. The number of carbonyl (C=O) groups is 4. The molecular weight excluding hydrogens is 777 g/mol. The highest BCUT2D eigenvalue weighted by Gasteiger charge is 2.39. The van der Waals surface area contributed by atoms with Crippen LogP contribution in [0.2, 0.25) is 0 Å². The Balaban J connectivity index is 1.21. The number of nitrogens with zero attached hydrogens (tertiary/aromatic N) is 4. The molecule has 61 heavy (non-hydrogen) atoms. The number of benzene rings is 2. The van der Waals surface area contributed by atoms with Crippen molar-refractivity contribution in [1.29, 1.82) is 0 Å². The van der Waals surface area contributed by atoms with E-state index in [0.29, 0.717) is 41.7 Å². The smallest absolute Gasteiger partial charge is 0.407 e. The van der Waals surface area contributed by atoms with Crippen LogP contribution in [0.5, 0.6) is 5.75 Å². The van der Waals surface area contributed by atoms with Gasteiger partial charge in [-0.15, -0.1) is 0 Å². The van der Waals surface area contributed by atoms with Crippen molar-refractivity contribution in [3.63, 3.8) is 0 Å². The van der Waals surface area contributed by atoms with Crippen molar-refractivity contribution in [1.82, 2.24) is 40.4 Å². The molecule has 2 saturated heterocycles. The number of aromatic nitrogens is 4. The maximum Gasteiger partial charge on any atom is 0.407 e. The van der Waals surface area contributed by atoms with Crippen molar-refractivity contribution in [2.24, 2.45) is 11.8 Å². The Kier molecular flexibility index (Phi) is 14.4. The molecule has 4 amide bonds. The second-order valence-corrected chi connectivity index (χ2v) is 15.8. The third-order valence-electron chi connectivity index (χ3n) is 11.0. The first kappa shape index (κ1) is 43.8. The second kappa shape index (κ2) is 20.0. The fraction of sp³-hybridized carbons (Fsp3) is 0.435. The minimum Gasteiger partial charge on any atom is -0.485 e. The number of hydrogen-bond donors (Lipinski definition) is 4. The maximum atomic E-state index is 13.7. The van der Waals surface area contributed by atoms with E-state index >= 15 is 0 Å². The minimum atomic E-state index is -0.730. The normalized spacial score (nSPS) is 17.4. The number of nitrogens with one attached hydrogen (secondary N) is 4. The van der Waals surface area contributed by atoms with E-state index in [9.17, 15) is 19.2 Å². The van der Waals surface area contributed by atoms with Gasteiger partial charge in [-0.05, 0) is 85.8 Å². The van der Waals surface area contributed by atoms with E-state index in [0.717, 1.165) is 42.5 Å². The number of carbonyl (C=O) groups excluding carboxylic acids is 4. The molecule has 2 fully saturated rings. The SMILES string of the molecule is COC(=O)NC(C(=O)N1CCCC1c1ncc(C#CC#Cc2ccc(-c3cnc(C4CCCN4C(=O)[C@@H](NC(=O)OC)C(C)C)[nH]3)cc2O[C@H](C)c2ccccc2)[nH]1)C(C)C. The summed E-state index contributed by atoms with van der Waals surface area (Å²) in [5.74, 6) is 13.3. The van der Waals surface area contributed by atoms with E-state index < -0.39 is 24.3 Å². The number of H-pyrrole nitrogens is 2. The van der Waals surface area contributed by atoms with Crippen molar-refractivity contribution < 1.29 is 33.4 Å². The summed E-state index contributed by atoms with van der Waals surface area (Å²) in [5.41, 5.74) is 3.75. The van der Waals surface area contributed by atoms with Crippen molar-refractivity contribution in [3.05, 3.63) is 89.4 Å². The lowest BCUT2D eigenvalue weighted by Crippen LogP contribution is -2.51. The van der Waals surface area contributed by atoms with E-state index in [-0.39, 0.29) is 41.8 Å². The summed E-state index contributed by atoms with van der Waals surface area (Å²) in [7, 11) is 2.55. The van der Waals surface area contributed by atoms with Gasteiger partial charge >= 0.3 is 12.2 Å². The molecule has 4 N–H and O–H groups in total. The molecule has 0 saturated carbocycles. The van der Waals surface area contributed by atoms with Crippen LogP contribution in [-0.4, -0.2) is 93.1 Å². The Bertz CT molecular complexity index is 2310. The number of likely N-dealkylation sites (tertiary alicyclic amines) is 2. The summed E-state index contributed by atoms with van der Waals surface area (Å²) in [4.78, 5) is 70.7. The van der Waals surface area contributed by atoms with Crippen LogP contribution in [-0.2, 0) is 19.1 Å². The van der Waals surface area contributed by atoms with E-state index in [4.69, 9.17) is 19.2 Å². The standard InChI is InChI=1S/C46H54N8O7/c1-28(2)39(51-45(57)59-6)43(55)53-23-13-19-36(53)41-47-26-34(49-41)18-12-11-17-32-21-22-33(25-38(32)61-30(5)31-15-9-8-10-16-31)35-27-48-42(50-35)37-20-14-24-54(37)44(56)40(29(3)4)52-46(58)60-7/h8-10,15-16,21-22,25-30,36-37,39-40H,13-14,19-20,23-24H2,1-7H3,(H,47,49)(H,48,50)(H,51,57)(H,52,58)/t30-,36?,37?,39?,40+/m1/s1. The first-order valence-electron chi connectivity index (χ1n) is 20.7. The summed E-state index contributed by atoms with van der Waals surface area (Å²) in [6.45, 7) is 10.6. The molecule has 4 aromatic rings. The quantitative estimate of drug-likeness (QED) is 0.117. The van der Waals surface area contributed by atoms with Crippen LogP contribution >= 0.6 is 0 Å². The molecule has 0 aliphatic carbocycles. The Morgan fingerprint density at radius 3 is 1.87 bits per heavy atom.